The highest BCUT2D eigenvalue weighted by atomic mass is 14.7. The first kappa shape index (κ1) is 10.8. The number of rotatable bonds is 3. The van der Waals surface area contributed by atoms with Gasteiger partial charge in [-0.25, -0.2) is 0 Å². The van der Waals surface area contributed by atoms with Gasteiger partial charge >= 0.3 is 0 Å². The molecular formula is C10H13N5. The van der Waals surface area contributed by atoms with E-state index in [1.165, 1.54) is 6.20 Å². The van der Waals surface area contributed by atoms with Crippen LogP contribution in [0.5, 0.6) is 0 Å². The molecular weight excluding hydrogens is 190 g/mol. The highest BCUT2D eigenvalue weighted by Gasteiger charge is 2.05. The monoisotopic (exact) mass is 203 g/mol. The lowest BCUT2D eigenvalue weighted by molar-refractivity contribution is 1.42. The molecule has 0 radical (unpaired) electrons. The van der Waals surface area contributed by atoms with Gasteiger partial charge in [-0.1, -0.05) is 6.07 Å². The quantitative estimate of drug-likeness (QED) is 0.279. The average Bonchev–Trinajstić information content (AvgIpc) is 2.21. The van der Waals surface area contributed by atoms with E-state index in [0.717, 1.165) is 6.21 Å². The molecule has 0 aromatic heterocycles. The lowest BCUT2D eigenvalue weighted by Gasteiger charge is -2.07. The van der Waals surface area contributed by atoms with Crippen LogP contribution in [0.25, 0.3) is 5.57 Å². The SMILES string of the molecule is N=C/C(=C\N)c1ccc(N)c(C(=N)N)c1. The Morgan fingerprint density at radius 2 is 2.00 bits per heavy atom. The summed E-state index contributed by atoms with van der Waals surface area (Å²) in [4.78, 5) is 0. The molecule has 0 saturated carbocycles. The van der Waals surface area contributed by atoms with Crippen molar-refractivity contribution in [3.8, 4) is 0 Å². The minimum absolute atomic E-state index is 0.101. The third-order valence-corrected chi connectivity index (χ3v) is 2.01. The number of nitrogens with one attached hydrogen (secondary N) is 2. The number of hydrogen-bond donors (Lipinski definition) is 5. The van der Waals surface area contributed by atoms with Crippen LogP contribution in [0.15, 0.2) is 24.4 Å². The van der Waals surface area contributed by atoms with Gasteiger partial charge in [0.05, 0.1) is 0 Å². The molecule has 0 aliphatic rings. The van der Waals surface area contributed by atoms with Gasteiger partial charge in [0.25, 0.3) is 0 Å². The molecule has 5 nitrogen and oxygen atoms in total. The number of anilines is 1. The van der Waals surface area contributed by atoms with Crippen LogP contribution in [0.3, 0.4) is 0 Å². The zero-order chi connectivity index (χ0) is 11.4. The Labute approximate surface area is 87.6 Å². The summed E-state index contributed by atoms with van der Waals surface area (Å²) in [6, 6.07) is 5.01. The molecule has 1 rings (SSSR count). The molecule has 1 aromatic rings. The summed E-state index contributed by atoms with van der Waals surface area (Å²) >= 11 is 0. The van der Waals surface area contributed by atoms with Crippen molar-refractivity contribution in [3.05, 3.63) is 35.5 Å². The fraction of sp³-hybridized carbons (Fsp3) is 0. The van der Waals surface area contributed by atoms with E-state index in [0.29, 0.717) is 22.4 Å². The maximum atomic E-state index is 7.32. The fourth-order valence-corrected chi connectivity index (χ4v) is 1.20. The Bertz CT molecular complexity index is 433. The topological polar surface area (TPSA) is 126 Å². The molecule has 0 amide bonds. The molecule has 78 valence electrons. The number of nitrogens with two attached hydrogens (primary N) is 3. The summed E-state index contributed by atoms with van der Waals surface area (Å²) in [7, 11) is 0. The van der Waals surface area contributed by atoms with Crippen LogP contribution in [-0.4, -0.2) is 12.1 Å². The summed E-state index contributed by atoms with van der Waals surface area (Å²) in [5.41, 5.74) is 18.5. The molecule has 0 aliphatic carbocycles. The van der Waals surface area contributed by atoms with Gasteiger partial charge in [0.15, 0.2) is 0 Å². The maximum absolute atomic E-state index is 7.32. The minimum Gasteiger partial charge on any atom is -0.404 e. The first-order valence-corrected chi connectivity index (χ1v) is 4.26. The molecule has 0 heterocycles. The van der Waals surface area contributed by atoms with E-state index in [1.54, 1.807) is 18.2 Å². The van der Waals surface area contributed by atoms with E-state index in [2.05, 4.69) is 0 Å². The van der Waals surface area contributed by atoms with Crippen LogP contribution in [0.4, 0.5) is 5.69 Å². The normalized spacial score (nSPS) is 11.1. The molecule has 8 N–H and O–H groups in total. The fourth-order valence-electron chi connectivity index (χ4n) is 1.20. The van der Waals surface area contributed by atoms with E-state index >= 15 is 0 Å². The lowest BCUT2D eigenvalue weighted by Crippen LogP contribution is -2.14. The van der Waals surface area contributed by atoms with Crippen LogP contribution in [0.2, 0.25) is 0 Å². The molecule has 0 spiro atoms. The van der Waals surface area contributed by atoms with Gasteiger partial charge in [-0.15, -0.1) is 0 Å². The number of nitrogen functional groups attached to an aromatic ring is 2. The molecule has 0 unspecified atom stereocenters. The molecule has 0 fully saturated rings. The summed E-state index contributed by atoms with van der Waals surface area (Å²) in [5.74, 6) is -0.101. The van der Waals surface area contributed by atoms with Crippen LogP contribution < -0.4 is 17.2 Å². The Hall–Kier alpha value is -2.30. The third-order valence-electron chi connectivity index (χ3n) is 2.01. The minimum atomic E-state index is -0.101. The van der Waals surface area contributed by atoms with Gasteiger partial charge < -0.3 is 22.6 Å². The van der Waals surface area contributed by atoms with E-state index in [4.69, 9.17) is 28.0 Å². The Morgan fingerprint density at radius 3 is 2.47 bits per heavy atom. The van der Waals surface area contributed by atoms with Gasteiger partial charge in [0.2, 0.25) is 0 Å². The molecule has 15 heavy (non-hydrogen) atoms. The second kappa shape index (κ2) is 4.28. The van der Waals surface area contributed by atoms with E-state index in [-0.39, 0.29) is 5.84 Å². The van der Waals surface area contributed by atoms with Crippen molar-refractivity contribution in [1.29, 1.82) is 10.8 Å². The average molecular weight is 203 g/mol. The molecule has 0 aliphatic heterocycles. The Balaban J connectivity index is 3.30. The predicted octanol–water partition coefficient (Wildman–Crippen LogP) is 0.502. The first-order valence-electron chi connectivity index (χ1n) is 4.26. The predicted molar refractivity (Wildman–Crippen MR) is 62.8 cm³/mol. The first-order chi connectivity index (χ1) is 7.10. The van der Waals surface area contributed by atoms with Crippen LogP contribution >= 0.6 is 0 Å². The van der Waals surface area contributed by atoms with Gasteiger partial charge in [-0.05, 0) is 17.7 Å². The maximum Gasteiger partial charge on any atom is 0.124 e. The van der Waals surface area contributed by atoms with Crippen LogP contribution in [0, 0.1) is 10.8 Å². The zero-order valence-corrected chi connectivity index (χ0v) is 8.12. The van der Waals surface area contributed by atoms with Crippen LogP contribution in [-0.2, 0) is 0 Å². The van der Waals surface area contributed by atoms with E-state index in [9.17, 15) is 0 Å². The third kappa shape index (κ3) is 2.14. The van der Waals surface area contributed by atoms with Crippen molar-refractivity contribution in [2.45, 2.75) is 0 Å². The number of allylic oxidation sites excluding steroid dienone is 1. The number of benzene rings is 1. The lowest BCUT2D eigenvalue weighted by atomic mass is 10.0. The van der Waals surface area contributed by atoms with Crippen molar-refractivity contribution >= 4 is 23.3 Å². The van der Waals surface area contributed by atoms with E-state index < -0.39 is 0 Å². The smallest absolute Gasteiger partial charge is 0.124 e. The van der Waals surface area contributed by atoms with Gasteiger partial charge in [0.1, 0.15) is 5.84 Å². The Morgan fingerprint density at radius 1 is 1.33 bits per heavy atom. The second-order valence-electron chi connectivity index (χ2n) is 2.98. The van der Waals surface area contributed by atoms with E-state index in [1.807, 2.05) is 0 Å². The van der Waals surface area contributed by atoms with Crippen molar-refractivity contribution < 1.29 is 0 Å². The molecule has 5 heteroatoms. The summed E-state index contributed by atoms with van der Waals surface area (Å²) in [6.45, 7) is 0. The number of hydrogen-bond acceptors (Lipinski definition) is 4. The van der Waals surface area contributed by atoms with Gasteiger partial charge in [-0.3, -0.25) is 5.41 Å². The standard InChI is InChI=1S/C10H13N5/c11-4-7(5-12)6-1-2-9(13)8(3-6)10(14)15/h1-5,11H,12-13H2,(H3,14,15)/b7-5+,11-4?. The molecule has 0 bridgehead atoms. The number of amidine groups is 1. The largest absolute Gasteiger partial charge is 0.404 e. The van der Waals surface area contributed by atoms with Gasteiger partial charge in [0, 0.05) is 29.2 Å². The molecule has 0 atom stereocenters. The van der Waals surface area contributed by atoms with Crippen molar-refractivity contribution in [1.82, 2.24) is 0 Å². The highest BCUT2D eigenvalue weighted by molar-refractivity contribution is 6.09. The van der Waals surface area contributed by atoms with Crippen molar-refractivity contribution in [2.75, 3.05) is 5.73 Å². The second-order valence-corrected chi connectivity index (χ2v) is 2.98. The molecule has 0 saturated heterocycles. The Kier molecular flexibility index (Phi) is 3.07. The van der Waals surface area contributed by atoms with Crippen molar-refractivity contribution in [2.24, 2.45) is 11.5 Å². The van der Waals surface area contributed by atoms with Gasteiger partial charge in [-0.2, -0.15) is 0 Å². The highest BCUT2D eigenvalue weighted by Crippen LogP contribution is 2.18. The summed E-state index contributed by atoms with van der Waals surface area (Å²) in [5, 5.41) is 14.5. The van der Waals surface area contributed by atoms with Crippen molar-refractivity contribution in [3.63, 3.8) is 0 Å². The summed E-state index contributed by atoms with van der Waals surface area (Å²) in [6.07, 6.45) is 2.46. The van der Waals surface area contributed by atoms with Crippen LogP contribution in [0.1, 0.15) is 11.1 Å². The summed E-state index contributed by atoms with van der Waals surface area (Å²) < 4.78 is 0. The zero-order valence-electron chi connectivity index (χ0n) is 8.12. The molecule has 1 aromatic carbocycles.